The molecule has 0 aromatic carbocycles. The van der Waals surface area contributed by atoms with E-state index in [0.717, 1.165) is 25.0 Å². The Morgan fingerprint density at radius 1 is 1.33 bits per heavy atom. The Morgan fingerprint density at radius 2 is 2.00 bits per heavy atom. The highest BCUT2D eigenvalue weighted by molar-refractivity contribution is 6.14. The van der Waals surface area contributed by atoms with Gasteiger partial charge in [0.05, 0.1) is 5.92 Å². The van der Waals surface area contributed by atoms with E-state index in [1.165, 1.54) is 0 Å². The lowest BCUT2D eigenvalue weighted by Gasteiger charge is -2.21. The summed E-state index contributed by atoms with van der Waals surface area (Å²) in [5.74, 6) is 0.388. The molecule has 0 aliphatic carbocycles. The molecule has 0 N–H and O–H groups in total. The summed E-state index contributed by atoms with van der Waals surface area (Å²) < 4.78 is 0. The second kappa shape index (κ2) is 5.05. The minimum absolute atomic E-state index is 0.0420. The molecular formula is C11H19N3O. The molecule has 1 aliphatic rings. The van der Waals surface area contributed by atoms with Crippen LogP contribution in [0.15, 0.2) is 9.98 Å². The van der Waals surface area contributed by atoms with Crippen molar-refractivity contribution in [2.24, 2.45) is 15.9 Å². The van der Waals surface area contributed by atoms with Crippen molar-refractivity contribution in [3.05, 3.63) is 0 Å². The van der Waals surface area contributed by atoms with Crippen LogP contribution in [-0.4, -0.2) is 36.6 Å². The van der Waals surface area contributed by atoms with Gasteiger partial charge in [0.1, 0.15) is 0 Å². The molecule has 0 saturated carbocycles. The smallest absolute Gasteiger partial charge is 0.257 e. The fraction of sp³-hybridized carbons (Fsp3) is 0.727. The molecule has 1 heterocycles. The van der Waals surface area contributed by atoms with E-state index in [-0.39, 0.29) is 11.8 Å². The predicted molar refractivity (Wildman–Crippen MR) is 62.3 cm³/mol. The Morgan fingerprint density at radius 3 is 2.47 bits per heavy atom. The summed E-state index contributed by atoms with van der Waals surface area (Å²) in [7, 11) is 3.69. The number of guanidine groups is 1. The van der Waals surface area contributed by atoms with Crippen LogP contribution < -0.4 is 0 Å². The van der Waals surface area contributed by atoms with Crippen LogP contribution in [0, 0.1) is 5.92 Å². The zero-order valence-corrected chi connectivity index (χ0v) is 9.95. The average Bonchev–Trinajstić information content (AvgIpc) is 2.16. The van der Waals surface area contributed by atoms with Crippen molar-refractivity contribution in [3.8, 4) is 0 Å². The van der Waals surface area contributed by atoms with Gasteiger partial charge in [-0.1, -0.05) is 19.8 Å². The van der Waals surface area contributed by atoms with E-state index in [1.54, 1.807) is 4.90 Å². The van der Waals surface area contributed by atoms with Crippen molar-refractivity contribution in [1.82, 2.24) is 4.90 Å². The third kappa shape index (κ3) is 2.88. The highest BCUT2D eigenvalue weighted by Crippen LogP contribution is 2.17. The molecule has 0 spiro atoms. The lowest BCUT2D eigenvalue weighted by Crippen LogP contribution is -2.32. The zero-order chi connectivity index (χ0) is 11.4. The van der Waals surface area contributed by atoms with E-state index in [2.05, 4.69) is 16.9 Å². The first-order valence-electron chi connectivity index (χ1n) is 5.41. The van der Waals surface area contributed by atoms with Gasteiger partial charge in [-0.2, -0.15) is 4.99 Å². The van der Waals surface area contributed by atoms with Gasteiger partial charge in [0.25, 0.3) is 5.91 Å². The summed E-state index contributed by atoms with van der Waals surface area (Å²) in [6, 6.07) is 0. The van der Waals surface area contributed by atoms with Crippen molar-refractivity contribution < 1.29 is 4.79 Å². The molecular weight excluding hydrogens is 190 g/mol. The van der Waals surface area contributed by atoms with E-state index in [4.69, 9.17) is 0 Å². The van der Waals surface area contributed by atoms with Crippen LogP contribution in [0.4, 0.5) is 0 Å². The van der Waals surface area contributed by atoms with Crippen LogP contribution in [0.3, 0.4) is 0 Å². The van der Waals surface area contributed by atoms with Crippen molar-refractivity contribution in [1.29, 1.82) is 0 Å². The molecule has 0 saturated heterocycles. The van der Waals surface area contributed by atoms with Gasteiger partial charge >= 0.3 is 0 Å². The Hall–Kier alpha value is -1.19. The van der Waals surface area contributed by atoms with Crippen molar-refractivity contribution in [2.75, 3.05) is 14.1 Å². The van der Waals surface area contributed by atoms with Gasteiger partial charge in [-0.25, -0.2) is 4.99 Å². The Bertz CT molecular complexity index is 305. The molecule has 15 heavy (non-hydrogen) atoms. The molecule has 0 radical (unpaired) electrons. The number of rotatable bonds is 3. The number of carbonyl (C=O) groups is 1. The number of unbranched alkanes of at least 4 members (excludes halogenated alkanes) is 1. The molecule has 0 bridgehead atoms. The second-order valence-electron chi connectivity index (χ2n) is 4.09. The largest absolute Gasteiger partial charge is 0.347 e. The Labute approximate surface area is 91.1 Å². The van der Waals surface area contributed by atoms with Gasteiger partial charge in [0.15, 0.2) is 0 Å². The van der Waals surface area contributed by atoms with Crippen LogP contribution >= 0.6 is 0 Å². The van der Waals surface area contributed by atoms with E-state index in [1.807, 2.05) is 21.0 Å². The molecule has 1 atom stereocenters. The van der Waals surface area contributed by atoms with E-state index in [9.17, 15) is 4.79 Å². The molecule has 4 nitrogen and oxygen atoms in total. The third-order valence-corrected chi connectivity index (χ3v) is 2.54. The first-order valence-corrected chi connectivity index (χ1v) is 5.41. The molecule has 4 heteroatoms. The highest BCUT2D eigenvalue weighted by atomic mass is 16.1. The number of amides is 1. The highest BCUT2D eigenvalue weighted by Gasteiger charge is 2.25. The normalized spacial score (nSPS) is 21.1. The number of hydrogen-bond acceptors (Lipinski definition) is 3. The topological polar surface area (TPSA) is 45.0 Å². The molecule has 0 aromatic heterocycles. The van der Waals surface area contributed by atoms with E-state index >= 15 is 0 Å². The maximum absolute atomic E-state index is 11.7. The standard InChI is InChI=1S/C11H19N3O/c1-5-6-7-9-8(2)12-11(14(3)4)13-10(9)15/h9H,5-7H2,1-4H3. The van der Waals surface area contributed by atoms with Crippen LogP contribution in [-0.2, 0) is 4.79 Å². The maximum atomic E-state index is 11.7. The SMILES string of the molecule is CCCCC1C(=O)N=C(N(C)C)N=C1C. The number of hydrogen-bond donors (Lipinski definition) is 0. The first kappa shape index (κ1) is 11.9. The minimum Gasteiger partial charge on any atom is -0.347 e. The van der Waals surface area contributed by atoms with Crippen molar-refractivity contribution in [2.45, 2.75) is 33.1 Å². The molecule has 84 valence electrons. The molecule has 1 unspecified atom stereocenters. The molecule has 0 fully saturated rings. The van der Waals surface area contributed by atoms with Gasteiger partial charge in [-0.3, -0.25) is 4.79 Å². The summed E-state index contributed by atoms with van der Waals surface area (Å²) in [6.45, 7) is 4.03. The average molecular weight is 209 g/mol. The van der Waals surface area contributed by atoms with Gasteiger partial charge < -0.3 is 4.90 Å². The maximum Gasteiger partial charge on any atom is 0.257 e. The summed E-state index contributed by atoms with van der Waals surface area (Å²) in [4.78, 5) is 21.8. The summed E-state index contributed by atoms with van der Waals surface area (Å²) in [5, 5.41) is 0. The van der Waals surface area contributed by atoms with Crippen molar-refractivity contribution in [3.63, 3.8) is 0 Å². The predicted octanol–water partition coefficient (Wildman–Crippen LogP) is 1.71. The molecule has 1 aliphatic heterocycles. The van der Waals surface area contributed by atoms with E-state index < -0.39 is 0 Å². The van der Waals surface area contributed by atoms with Crippen LogP contribution in [0.2, 0.25) is 0 Å². The lowest BCUT2D eigenvalue weighted by atomic mass is 9.96. The van der Waals surface area contributed by atoms with Crippen molar-refractivity contribution >= 4 is 17.6 Å². The van der Waals surface area contributed by atoms with Crippen LogP contribution in [0.1, 0.15) is 33.1 Å². The fourth-order valence-corrected chi connectivity index (χ4v) is 1.56. The number of aliphatic imine (C=N–C) groups is 2. The number of carbonyl (C=O) groups excluding carboxylic acids is 1. The molecule has 0 aromatic rings. The lowest BCUT2D eigenvalue weighted by molar-refractivity contribution is -0.120. The quantitative estimate of drug-likeness (QED) is 0.710. The fourth-order valence-electron chi connectivity index (χ4n) is 1.56. The Balaban J connectivity index is 2.75. The minimum atomic E-state index is -0.0892. The molecule has 1 amide bonds. The summed E-state index contributed by atoms with van der Waals surface area (Å²) in [6.07, 6.45) is 3.02. The third-order valence-electron chi connectivity index (χ3n) is 2.54. The van der Waals surface area contributed by atoms with Gasteiger partial charge in [-0.05, 0) is 13.3 Å². The van der Waals surface area contributed by atoms with Crippen LogP contribution in [0.5, 0.6) is 0 Å². The van der Waals surface area contributed by atoms with Gasteiger partial charge in [-0.15, -0.1) is 0 Å². The van der Waals surface area contributed by atoms with Crippen LogP contribution in [0.25, 0.3) is 0 Å². The van der Waals surface area contributed by atoms with Gasteiger partial charge in [0.2, 0.25) is 5.96 Å². The zero-order valence-electron chi connectivity index (χ0n) is 9.95. The number of nitrogens with zero attached hydrogens (tertiary/aromatic N) is 3. The first-order chi connectivity index (χ1) is 7.06. The monoisotopic (exact) mass is 209 g/mol. The second-order valence-corrected chi connectivity index (χ2v) is 4.09. The Kier molecular flexibility index (Phi) is 4.00. The van der Waals surface area contributed by atoms with Gasteiger partial charge in [0, 0.05) is 19.8 Å². The molecule has 1 rings (SSSR count). The summed E-state index contributed by atoms with van der Waals surface area (Å²) >= 11 is 0. The van der Waals surface area contributed by atoms with E-state index in [0.29, 0.717) is 5.96 Å². The summed E-state index contributed by atoms with van der Waals surface area (Å²) in [5.41, 5.74) is 0.896.